The van der Waals surface area contributed by atoms with Crippen LogP contribution < -0.4 is 0 Å². The number of carbonyl (C=O) groups excluding carboxylic acids is 1. The van der Waals surface area contributed by atoms with Crippen LogP contribution in [0.5, 0.6) is 0 Å². The van der Waals surface area contributed by atoms with Gasteiger partial charge >= 0.3 is 5.97 Å². The minimum atomic E-state index is -0.306. The van der Waals surface area contributed by atoms with E-state index in [2.05, 4.69) is 4.98 Å². The number of rotatable bonds is 5. The summed E-state index contributed by atoms with van der Waals surface area (Å²) >= 11 is 0. The molecule has 0 N–H and O–H groups in total. The number of benzene rings is 2. The molecule has 0 aliphatic carbocycles. The predicted octanol–water partition coefficient (Wildman–Crippen LogP) is 3.41. The lowest BCUT2D eigenvalue weighted by atomic mass is 10.00. The standard InChI is InChI=1S/C18H16N2O2/c21-18(22-13-12-20-11-10-19-14-20)17-9-5-4-8-16(17)15-6-2-1-3-7-15/h1-11,14H,12-13H2. The highest BCUT2D eigenvalue weighted by molar-refractivity contribution is 5.97. The summed E-state index contributed by atoms with van der Waals surface area (Å²) in [6, 6.07) is 17.3. The van der Waals surface area contributed by atoms with E-state index in [0.717, 1.165) is 11.1 Å². The molecule has 3 rings (SSSR count). The van der Waals surface area contributed by atoms with E-state index >= 15 is 0 Å². The van der Waals surface area contributed by atoms with Crippen molar-refractivity contribution in [3.63, 3.8) is 0 Å². The zero-order valence-corrected chi connectivity index (χ0v) is 12.1. The molecule has 0 unspecified atom stereocenters. The van der Waals surface area contributed by atoms with Crippen LogP contribution in [0, 0.1) is 0 Å². The Labute approximate surface area is 129 Å². The Morgan fingerprint density at radius 3 is 2.59 bits per heavy atom. The summed E-state index contributed by atoms with van der Waals surface area (Å²) in [6.07, 6.45) is 5.24. The van der Waals surface area contributed by atoms with E-state index in [1.165, 1.54) is 0 Å². The number of esters is 1. The molecule has 22 heavy (non-hydrogen) atoms. The maximum atomic E-state index is 12.3. The van der Waals surface area contributed by atoms with Gasteiger partial charge in [-0.2, -0.15) is 0 Å². The molecule has 0 saturated carbocycles. The average molecular weight is 292 g/mol. The van der Waals surface area contributed by atoms with E-state index in [9.17, 15) is 4.79 Å². The van der Waals surface area contributed by atoms with Crippen LogP contribution in [0.1, 0.15) is 10.4 Å². The van der Waals surface area contributed by atoms with Crippen LogP contribution in [0.4, 0.5) is 0 Å². The van der Waals surface area contributed by atoms with Gasteiger partial charge in [-0.05, 0) is 17.2 Å². The van der Waals surface area contributed by atoms with E-state index in [1.54, 1.807) is 18.6 Å². The lowest BCUT2D eigenvalue weighted by Gasteiger charge is -2.10. The van der Waals surface area contributed by atoms with Gasteiger partial charge in [0.15, 0.2) is 0 Å². The first kappa shape index (κ1) is 14.1. The van der Waals surface area contributed by atoms with Gasteiger partial charge in [-0.15, -0.1) is 0 Å². The smallest absolute Gasteiger partial charge is 0.338 e. The quantitative estimate of drug-likeness (QED) is 0.677. The Kier molecular flexibility index (Phi) is 4.30. The summed E-state index contributed by atoms with van der Waals surface area (Å²) in [5.41, 5.74) is 2.47. The molecule has 0 aliphatic rings. The Morgan fingerprint density at radius 1 is 1.05 bits per heavy atom. The molecule has 0 radical (unpaired) electrons. The molecule has 4 heteroatoms. The van der Waals surface area contributed by atoms with Crippen LogP contribution in [0.3, 0.4) is 0 Å². The van der Waals surface area contributed by atoms with Gasteiger partial charge in [0.1, 0.15) is 6.61 Å². The van der Waals surface area contributed by atoms with Crippen LogP contribution >= 0.6 is 0 Å². The molecule has 0 amide bonds. The molecule has 4 nitrogen and oxygen atoms in total. The van der Waals surface area contributed by atoms with Crippen LogP contribution in [-0.2, 0) is 11.3 Å². The van der Waals surface area contributed by atoms with Crippen molar-refractivity contribution in [1.82, 2.24) is 9.55 Å². The van der Waals surface area contributed by atoms with Crippen molar-refractivity contribution < 1.29 is 9.53 Å². The number of carbonyl (C=O) groups is 1. The fourth-order valence-corrected chi connectivity index (χ4v) is 2.27. The van der Waals surface area contributed by atoms with Crippen molar-refractivity contribution in [1.29, 1.82) is 0 Å². The molecule has 0 bridgehead atoms. The summed E-state index contributed by atoms with van der Waals surface area (Å²) in [6.45, 7) is 0.914. The SMILES string of the molecule is O=C(OCCn1ccnc1)c1ccccc1-c1ccccc1. The molecule has 0 spiro atoms. The maximum absolute atomic E-state index is 12.3. The van der Waals surface area contributed by atoms with Crippen LogP contribution in [0.25, 0.3) is 11.1 Å². The van der Waals surface area contributed by atoms with Crippen molar-refractivity contribution >= 4 is 5.97 Å². The van der Waals surface area contributed by atoms with Crippen LogP contribution in [0.15, 0.2) is 73.3 Å². The lowest BCUT2D eigenvalue weighted by molar-refractivity contribution is 0.0492. The average Bonchev–Trinajstić information content (AvgIpc) is 3.09. The molecule has 2 aromatic carbocycles. The van der Waals surface area contributed by atoms with Gasteiger partial charge in [0.2, 0.25) is 0 Å². The Morgan fingerprint density at radius 2 is 1.82 bits per heavy atom. The van der Waals surface area contributed by atoms with Gasteiger partial charge in [0.25, 0.3) is 0 Å². The predicted molar refractivity (Wildman–Crippen MR) is 84.4 cm³/mol. The molecule has 0 saturated heterocycles. The molecule has 3 aromatic rings. The fraction of sp³-hybridized carbons (Fsp3) is 0.111. The van der Waals surface area contributed by atoms with Gasteiger partial charge in [-0.3, -0.25) is 0 Å². The van der Waals surface area contributed by atoms with Crippen LogP contribution in [0.2, 0.25) is 0 Å². The van der Waals surface area contributed by atoms with E-state index in [1.807, 2.05) is 59.3 Å². The number of aromatic nitrogens is 2. The molecule has 0 fully saturated rings. The highest BCUT2D eigenvalue weighted by Gasteiger charge is 2.13. The molecule has 110 valence electrons. The normalized spacial score (nSPS) is 10.4. The van der Waals surface area contributed by atoms with Crippen molar-refractivity contribution in [3.8, 4) is 11.1 Å². The van der Waals surface area contributed by atoms with Crippen molar-refractivity contribution in [2.24, 2.45) is 0 Å². The summed E-state index contributed by atoms with van der Waals surface area (Å²) in [7, 11) is 0. The van der Waals surface area contributed by atoms with E-state index < -0.39 is 0 Å². The second kappa shape index (κ2) is 6.72. The first-order valence-corrected chi connectivity index (χ1v) is 7.12. The monoisotopic (exact) mass is 292 g/mol. The summed E-state index contributed by atoms with van der Waals surface area (Å²) < 4.78 is 7.25. The minimum Gasteiger partial charge on any atom is -0.460 e. The lowest BCUT2D eigenvalue weighted by Crippen LogP contribution is -2.11. The Balaban J connectivity index is 1.72. The number of ether oxygens (including phenoxy) is 1. The van der Waals surface area contributed by atoms with Gasteiger partial charge < -0.3 is 9.30 Å². The molecule has 0 aliphatic heterocycles. The highest BCUT2D eigenvalue weighted by Crippen LogP contribution is 2.23. The largest absolute Gasteiger partial charge is 0.460 e. The minimum absolute atomic E-state index is 0.306. The molecular weight excluding hydrogens is 276 g/mol. The van der Waals surface area contributed by atoms with E-state index in [0.29, 0.717) is 18.7 Å². The molecular formula is C18H16N2O2. The van der Waals surface area contributed by atoms with Crippen molar-refractivity contribution in [2.75, 3.05) is 6.61 Å². The Hall–Kier alpha value is -2.88. The van der Waals surface area contributed by atoms with Crippen molar-refractivity contribution in [3.05, 3.63) is 78.9 Å². The molecule has 1 heterocycles. The number of hydrogen-bond acceptors (Lipinski definition) is 3. The summed E-state index contributed by atoms with van der Waals surface area (Å²) in [5.74, 6) is -0.306. The first-order valence-electron chi connectivity index (χ1n) is 7.12. The second-order valence-corrected chi connectivity index (χ2v) is 4.85. The first-order chi connectivity index (χ1) is 10.8. The zero-order chi connectivity index (χ0) is 15.2. The third-order valence-corrected chi connectivity index (χ3v) is 3.37. The summed E-state index contributed by atoms with van der Waals surface area (Å²) in [5, 5.41) is 0. The fourth-order valence-electron chi connectivity index (χ4n) is 2.27. The number of hydrogen-bond donors (Lipinski definition) is 0. The third-order valence-electron chi connectivity index (χ3n) is 3.37. The topological polar surface area (TPSA) is 44.1 Å². The van der Waals surface area contributed by atoms with Gasteiger partial charge in [-0.25, -0.2) is 9.78 Å². The van der Waals surface area contributed by atoms with Crippen molar-refractivity contribution in [2.45, 2.75) is 6.54 Å². The number of imidazole rings is 1. The molecule has 1 aromatic heterocycles. The van der Waals surface area contributed by atoms with Gasteiger partial charge in [-0.1, -0.05) is 48.5 Å². The third kappa shape index (κ3) is 3.23. The van der Waals surface area contributed by atoms with Crippen LogP contribution in [-0.4, -0.2) is 22.1 Å². The molecule has 0 atom stereocenters. The Bertz CT molecular complexity index is 737. The summed E-state index contributed by atoms with van der Waals surface area (Å²) in [4.78, 5) is 16.3. The maximum Gasteiger partial charge on any atom is 0.338 e. The van der Waals surface area contributed by atoms with Gasteiger partial charge in [0, 0.05) is 12.4 Å². The highest BCUT2D eigenvalue weighted by atomic mass is 16.5. The van der Waals surface area contributed by atoms with E-state index in [-0.39, 0.29) is 5.97 Å². The van der Waals surface area contributed by atoms with Gasteiger partial charge in [0.05, 0.1) is 18.4 Å². The second-order valence-electron chi connectivity index (χ2n) is 4.85. The van der Waals surface area contributed by atoms with E-state index in [4.69, 9.17) is 4.74 Å². The number of nitrogens with zero attached hydrogens (tertiary/aromatic N) is 2. The zero-order valence-electron chi connectivity index (χ0n) is 12.1.